The summed E-state index contributed by atoms with van der Waals surface area (Å²) in [6.45, 7) is 7.85. The highest BCUT2D eigenvalue weighted by Crippen LogP contribution is 2.23. The Labute approximate surface area is 141 Å². The number of amides is 1. The fraction of sp³-hybridized carbons (Fsp3) is 0.389. The summed E-state index contributed by atoms with van der Waals surface area (Å²) in [4.78, 5) is 24.0. The Kier molecular flexibility index (Phi) is 5.39. The number of hydrogen-bond acceptors (Lipinski definition) is 4. The second-order valence-corrected chi connectivity index (χ2v) is 6.11. The summed E-state index contributed by atoms with van der Waals surface area (Å²) in [6.07, 6.45) is 2.43. The molecule has 0 saturated carbocycles. The number of benzene rings is 1. The van der Waals surface area contributed by atoms with Crippen LogP contribution in [0.4, 0.5) is 5.69 Å². The highest BCUT2D eigenvalue weighted by atomic mass is 16.5. The first kappa shape index (κ1) is 17.7. The lowest BCUT2D eigenvalue weighted by Gasteiger charge is -2.21. The average molecular weight is 329 g/mol. The van der Waals surface area contributed by atoms with Crippen molar-refractivity contribution in [3.8, 4) is 5.69 Å². The molecule has 6 nitrogen and oxygen atoms in total. The SMILES string of the molecule is CCOC(=O)c1ccn(-c2cccc(NC(=O)C(C)(C)CC)c2)n1. The van der Waals surface area contributed by atoms with Crippen molar-refractivity contribution < 1.29 is 14.3 Å². The fourth-order valence-corrected chi connectivity index (χ4v) is 1.97. The monoisotopic (exact) mass is 329 g/mol. The first-order chi connectivity index (χ1) is 11.4. The molecule has 0 unspecified atom stereocenters. The standard InChI is InChI=1S/C18H23N3O3/c1-5-18(3,4)17(23)19-13-8-7-9-14(12-13)21-11-10-15(20-21)16(22)24-6-2/h7-12H,5-6H2,1-4H3,(H,19,23). The van der Waals surface area contributed by atoms with E-state index in [2.05, 4.69) is 10.4 Å². The van der Waals surface area contributed by atoms with Gasteiger partial charge in [0.15, 0.2) is 5.69 Å². The topological polar surface area (TPSA) is 73.2 Å². The van der Waals surface area contributed by atoms with Crippen LogP contribution in [-0.4, -0.2) is 28.3 Å². The molecule has 1 amide bonds. The lowest BCUT2D eigenvalue weighted by atomic mass is 9.89. The zero-order valence-corrected chi connectivity index (χ0v) is 14.5. The van der Waals surface area contributed by atoms with Gasteiger partial charge in [-0.2, -0.15) is 5.10 Å². The third-order valence-corrected chi connectivity index (χ3v) is 3.94. The quantitative estimate of drug-likeness (QED) is 0.824. The lowest BCUT2D eigenvalue weighted by Crippen LogP contribution is -2.30. The minimum atomic E-state index is -0.453. The predicted octanol–water partition coefficient (Wildman–Crippen LogP) is 3.42. The molecule has 0 aliphatic heterocycles. The number of nitrogens with zero attached hydrogens (tertiary/aromatic N) is 2. The van der Waals surface area contributed by atoms with Gasteiger partial charge in [0.2, 0.25) is 5.91 Å². The summed E-state index contributed by atoms with van der Waals surface area (Å²) in [5.74, 6) is -0.486. The average Bonchev–Trinajstić information content (AvgIpc) is 3.05. The number of ether oxygens (including phenoxy) is 1. The van der Waals surface area contributed by atoms with Crippen LogP contribution >= 0.6 is 0 Å². The van der Waals surface area contributed by atoms with Crippen molar-refractivity contribution in [2.45, 2.75) is 34.1 Å². The van der Waals surface area contributed by atoms with Crippen molar-refractivity contribution in [3.63, 3.8) is 0 Å². The van der Waals surface area contributed by atoms with Crippen molar-refractivity contribution in [2.75, 3.05) is 11.9 Å². The van der Waals surface area contributed by atoms with E-state index in [4.69, 9.17) is 4.74 Å². The van der Waals surface area contributed by atoms with E-state index in [0.29, 0.717) is 12.3 Å². The van der Waals surface area contributed by atoms with Crippen LogP contribution in [0.1, 0.15) is 44.6 Å². The van der Waals surface area contributed by atoms with Gasteiger partial charge in [-0.05, 0) is 37.6 Å². The lowest BCUT2D eigenvalue weighted by molar-refractivity contribution is -0.124. The van der Waals surface area contributed by atoms with Crippen LogP contribution in [0, 0.1) is 5.41 Å². The van der Waals surface area contributed by atoms with Crippen LogP contribution in [0.5, 0.6) is 0 Å². The van der Waals surface area contributed by atoms with E-state index in [9.17, 15) is 9.59 Å². The van der Waals surface area contributed by atoms with E-state index < -0.39 is 11.4 Å². The third kappa shape index (κ3) is 4.01. The van der Waals surface area contributed by atoms with Gasteiger partial charge in [-0.25, -0.2) is 9.48 Å². The molecule has 0 fully saturated rings. The van der Waals surface area contributed by atoms with Crippen LogP contribution in [0.25, 0.3) is 5.69 Å². The second-order valence-electron chi connectivity index (χ2n) is 6.11. The van der Waals surface area contributed by atoms with Crippen LogP contribution < -0.4 is 5.32 Å². The molecule has 1 aromatic heterocycles. The molecule has 128 valence electrons. The van der Waals surface area contributed by atoms with Gasteiger partial charge in [-0.15, -0.1) is 0 Å². The molecule has 0 atom stereocenters. The summed E-state index contributed by atoms with van der Waals surface area (Å²) < 4.78 is 6.51. The Morgan fingerprint density at radius 3 is 2.67 bits per heavy atom. The first-order valence-electron chi connectivity index (χ1n) is 8.02. The Bertz CT molecular complexity index is 735. The Balaban J connectivity index is 2.19. The molecular weight excluding hydrogens is 306 g/mol. The van der Waals surface area contributed by atoms with Crippen LogP contribution in [0.2, 0.25) is 0 Å². The number of nitrogens with one attached hydrogen (secondary N) is 1. The molecule has 0 aliphatic rings. The Morgan fingerprint density at radius 1 is 1.25 bits per heavy atom. The molecule has 1 aromatic carbocycles. The maximum Gasteiger partial charge on any atom is 0.358 e. The molecule has 0 aliphatic carbocycles. The zero-order chi connectivity index (χ0) is 17.7. The molecule has 24 heavy (non-hydrogen) atoms. The van der Waals surface area contributed by atoms with Gasteiger partial charge < -0.3 is 10.1 Å². The maximum atomic E-state index is 12.3. The highest BCUT2D eigenvalue weighted by molar-refractivity contribution is 5.95. The molecule has 0 spiro atoms. The van der Waals surface area contributed by atoms with Gasteiger partial charge in [0, 0.05) is 17.3 Å². The number of anilines is 1. The number of carbonyl (C=O) groups excluding carboxylic acids is 2. The summed E-state index contributed by atoms with van der Waals surface area (Å²) in [5, 5.41) is 7.14. The second kappa shape index (κ2) is 7.29. The van der Waals surface area contributed by atoms with E-state index in [1.807, 2.05) is 45.0 Å². The largest absolute Gasteiger partial charge is 0.461 e. The Morgan fingerprint density at radius 2 is 2.00 bits per heavy atom. The zero-order valence-electron chi connectivity index (χ0n) is 14.5. The molecular formula is C18H23N3O3. The van der Waals surface area contributed by atoms with E-state index in [0.717, 1.165) is 12.1 Å². The van der Waals surface area contributed by atoms with Crippen LogP contribution in [-0.2, 0) is 9.53 Å². The molecule has 2 aromatic rings. The van der Waals surface area contributed by atoms with Crippen LogP contribution in [0.3, 0.4) is 0 Å². The van der Waals surface area contributed by atoms with Gasteiger partial charge in [-0.1, -0.05) is 26.8 Å². The van der Waals surface area contributed by atoms with E-state index >= 15 is 0 Å². The van der Waals surface area contributed by atoms with Gasteiger partial charge >= 0.3 is 5.97 Å². The van der Waals surface area contributed by atoms with Gasteiger partial charge in [0.05, 0.1) is 12.3 Å². The summed E-state index contributed by atoms with van der Waals surface area (Å²) in [6, 6.07) is 8.91. The van der Waals surface area contributed by atoms with E-state index in [-0.39, 0.29) is 11.6 Å². The summed E-state index contributed by atoms with van der Waals surface area (Å²) >= 11 is 0. The molecule has 1 N–H and O–H groups in total. The maximum absolute atomic E-state index is 12.3. The number of rotatable bonds is 6. The first-order valence-corrected chi connectivity index (χ1v) is 8.02. The molecule has 0 saturated heterocycles. The minimum absolute atomic E-state index is 0.0326. The predicted molar refractivity (Wildman–Crippen MR) is 92.2 cm³/mol. The third-order valence-electron chi connectivity index (χ3n) is 3.94. The fourth-order valence-electron chi connectivity index (χ4n) is 1.97. The summed E-state index contributed by atoms with van der Waals surface area (Å²) in [7, 11) is 0. The van der Waals surface area contributed by atoms with Gasteiger partial charge in [-0.3, -0.25) is 4.79 Å². The highest BCUT2D eigenvalue weighted by Gasteiger charge is 2.25. The molecule has 1 heterocycles. The normalized spacial score (nSPS) is 11.2. The summed E-state index contributed by atoms with van der Waals surface area (Å²) in [5.41, 5.74) is 1.25. The van der Waals surface area contributed by atoms with Gasteiger partial charge in [0.1, 0.15) is 0 Å². The van der Waals surface area contributed by atoms with Crippen molar-refractivity contribution in [1.82, 2.24) is 9.78 Å². The van der Waals surface area contributed by atoms with E-state index in [1.165, 1.54) is 0 Å². The number of hydrogen-bond donors (Lipinski definition) is 1. The molecule has 2 rings (SSSR count). The minimum Gasteiger partial charge on any atom is -0.461 e. The molecule has 0 bridgehead atoms. The number of esters is 1. The Hall–Kier alpha value is -2.63. The van der Waals surface area contributed by atoms with Gasteiger partial charge in [0.25, 0.3) is 0 Å². The van der Waals surface area contributed by atoms with Crippen molar-refractivity contribution >= 4 is 17.6 Å². The van der Waals surface area contributed by atoms with E-state index in [1.54, 1.807) is 23.9 Å². The van der Waals surface area contributed by atoms with Crippen molar-refractivity contribution in [2.24, 2.45) is 5.41 Å². The smallest absolute Gasteiger partial charge is 0.358 e. The molecule has 6 heteroatoms. The molecule has 0 radical (unpaired) electrons. The van der Waals surface area contributed by atoms with Crippen molar-refractivity contribution in [1.29, 1.82) is 0 Å². The number of carbonyl (C=O) groups is 2. The van der Waals surface area contributed by atoms with Crippen molar-refractivity contribution in [3.05, 3.63) is 42.2 Å². The van der Waals surface area contributed by atoms with Crippen LogP contribution in [0.15, 0.2) is 36.5 Å². The number of aromatic nitrogens is 2.